The lowest BCUT2D eigenvalue weighted by molar-refractivity contribution is -0.137. The monoisotopic (exact) mass is 299 g/mol. The van der Waals surface area contributed by atoms with Gasteiger partial charge in [-0.3, -0.25) is 4.79 Å². The molecule has 0 radical (unpaired) electrons. The summed E-state index contributed by atoms with van der Waals surface area (Å²) in [5.74, 6) is -0.233. The van der Waals surface area contributed by atoms with E-state index in [0.717, 1.165) is 38.8 Å². The molecule has 6 nitrogen and oxygen atoms in total. The van der Waals surface area contributed by atoms with E-state index in [-0.39, 0.29) is 12.5 Å². The quantitative estimate of drug-likeness (QED) is 0.668. The van der Waals surface area contributed by atoms with E-state index in [1.807, 2.05) is 4.90 Å². The predicted molar refractivity (Wildman–Crippen MR) is 82.3 cm³/mol. The SMILES string of the molecule is CC1CN(C(=O)NCCCCCCC(=O)O)CC1N(C)C. The van der Waals surface area contributed by atoms with Gasteiger partial charge in [-0.1, -0.05) is 19.8 Å². The summed E-state index contributed by atoms with van der Waals surface area (Å²) in [7, 11) is 4.11. The van der Waals surface area contributed by atoms with Crippen LogP contribution in [0.2, 0.25) is 0 Å². The molecule has 0 saturated carbocycles. The third kappa shape index (κ3) is 6.33. The Balaban J connectivity index is 2.10. The second kappa shape index (κ2) is 8.87. The Hall–Kier alpha value is -1.30. The number of carboxylic acids is 1. The number of nitrogens with zero attached hydrogens (tertiary/aromatic N) is 2. The van der Waals surface area contributed by atoms with Crippen molar-refractivity contribution in [1.29, 1.82) is 0 Å². The zero-order valence-electron chi connectivity index (χ0n) is 13.5. The van der Waals surface area contributed by atoms with E-state index in [9.17, 15) is 9.59 Å². The van der Waals surface area contributed by atoms with Crippen LogP contribution in [-0.4, -0.2) is 66.7 Å². The molecular weight excluding hydrogens is 270 g/mol. The Bertz CT molecular complexity index is 347. The molecule has 0 aromatic heterocycles. The lowest BCUT2D eigenvalue weighted by Crippen LogP contribution is -2.41. The maximum Gasteiger partial charge on any atom is 0.317 e. The van der Waals surface area contributed by atoms with Gasteiger partial charge in [0.1, 0.15) is 0 Å². The lowest BCUT2D eigenvalue weighted by Gasteiger charge is -2.22. The van der Waals surface area contributed by atoms with Crippen LogP contribution in [0.1, 0.15) is 39.0 Å². The van der Waals surface area contributed by atoms with Gasteiger partial charge in [-0.25, -0.2) is 4.79 Å². The van der Waals surface area contributed by atoms with Crippen LogP contribution in [0.3, 0.4) is 0 Å². The number of likely N-dealkylation sites (tertiary alicyclic amines) is 1. The van der Waals surface area contributed by atoms with Gasteiger partial charge >= 0.3 is 12.0 Å². The van der Waals surface area contributed by atoms with E-state index >= 15 is 0 Å². The number of unbranched alkanes of at least 4 members (excludes halogenated alkanes) is 3. The van der Waals surface area contributed by atoms with Crippen molar-refractivity contribution in [2.24, 2.45) is 5.92 Å². The smallest absolute Gasteiger partial charge is 0.317 e. The topological polar surface area (TPSA) is 72.9 Å². The molecule has 0 aliphatic carbocycles. The molecule has 21 heavy (non-hydrogen) atoms. The van der Waals surface area contributed by atoms with Crippen LogP contribution in [0.25, 0.3) is 0 Å². The van der Waals surface area contributed by atoms with Crippen LogP contribution in [0.5, 0.6) is 0 Å². The van der Waals surface area contributed by atoms with E-state index in [2.05, 4.69) is 31.2 Å². The third-order valence-electron chi connectivity index (χ3n) is 4.12. The van der Waals surface area contributed by atoms with Crippen LogP contribution in [-0.2, 0) is 4.79 Å². The Morgan fingerprint density at radius 1 is 1.19 bits per heavy atom. The summed E-state index contributed by atoms with van der Waals surface area (Å²) in [6.45, 7) is 4.45. The van der Waals surface area contributed by atoms with Gasteiger partial charge < -0.3 is 20.2 Å². The Kier molecular flexibility index (Phi) is 7.50. The molecule has 1 heterocycles. The Labute approximate surface area is 127 Å². The molecule has 0 aromatic rings. The minimum Gasteiger partial charge on any atom is -0.481 e. The van der Waals surface area contributed by atoms with Gasteiger partial charge in [0.25, 0.3) is 0 Å². The van der Waals surface area contributed by atoms with Crippen LogP contribution in [0.15, 0.2) is 0 Å². The molecule has 1 fully saturated rings. The van der Waals surface area contributed by atoms with Crippen LogP contribution in [0, 0.1) is 5.92 Å². The molecule has 122 valence electrons. The first-order chi connectivity index (χ1) is 9.91. The fourth-order valence-corrected chi connectivity index (χ4v) is 2.85. The van der Waals surface area contributed by atoms with Crippen molar-refractivity contribution in [3.05, 3.63) is 0 Å². The van der Waals surface area contributed by atoms with Crippen molar-refractivity contribution >= 4 is 12.0 Å². The number of nitrogens with one attached hydrogen (secondary N) is 1. The maximum absolute atomic E-state index is 12.1. The van der Waals surface area contributed by atoms with Crippen LogP contribution >= 0.6 is 0 Å². The first kappa shape index (κ1) is 17.8. The molecular formula is C15H29N3O3. The standard InChI is InChI=1S/C15H29N3O3/c1-12-10-18(11-13(12)17(2)3)15(21)16-9-7-5-4-6-8-14(19)20/h12-13H,4-11H2,1-3H3,(H,16,21)(H,19,20). The molecule has 0 spiro atoms. The molecule has 1 rings (SSSR count). The van der Waals surface area contributed by atoms with E-state index in [1.54, 1.807) is 0 Å². The van der Waals surface area contributed by atoms with Crippen molar-refractivity contribution in [1.82, 2.24) is 15.1 Å². The van der Waals surface area contributed by atoms with E-state index < -0.39 is 5.97 Å². The molecule has 1 aliphatic rings. The highest BCUT2D eigenvalue weighted by atomic mass is 16.4. The largest absolute Gasteiger partial charge is 0.481 e. The summed E-state index contributed by atoms with van der Waals surface area (Å²) in [6.07, 6.45) is 3.74. The first-order valence-electron chi connectivity index (χ1n) is 7.82. The van der Waals surface area contributed by atoms with Crippen molar-refractivity contribution in [2.75, 3.05) is 33.7 Å². The second-order valence-corrected chi connectivity index (χ2v) is 6.20. The number of aliphatic carboxylic acids is 1. The van der Waals surface area contributed by atoms with Crippen molar-refractivity contribution in [2.45, 2.75) is 45.1 Å². The molecule has 0 aromatic carbocycles. The number of hydrogen-bond donors (Lipinski definition) is 2. The fraction of sp³-hybridized carbons (Fsp3) is 0.867. The van der Waals surface area contributed by atoms with Gasteiger partial charge in [0, 0.05) is 32.1 Å². The van der Waals surface area contributed by atoms with Gasteiger partial charge in [0.15, 0.2) is 0 Å². The van der Waals surface area contributed by atoms with Crippen molar-refractivity contribution in [3.63, 3.8) is 0 Å². The van der Waals surface area contributed by atoms with Crippen LogP contribution < -0.4 is 5.32 Å². The zero-order chi connectivity index (χ0) is 15.8. The molecule has 2 atom stereocenters. The van der Waals surface area contributed by atoms with E-state index in [4.69, 9.17) is 5.11 Å². The summed E-state index contributed by atoms with van der Waals surface area (Å²) in [5, 5.41) is 11.5. The predicted octanol–water partition coefficient (Wildman–Crippen LogP) is 1.61. The molecule has 6 heteroatoms. The number of urea groups is 1. The molecule has 2 N–H and O–H groups in total. The highest BCUT2D eigenvalue weighted by Gasteiger charge is 2.33. The molecule has 2 amide bonds. The summed E-state index contributed by atoms with van der Waals surface area (Å²) >= 11 is 0. The third-order valence-corrected chi connectivity index (χ3v) is 4.12. The van der Waals surface area contributed by atoms with Gasteiger partial charge in [-0.2, -0.15) is 0 Å². The molecule has 0 bridgehead atoms. The number of carboxylic acid groups (broad SMARTS) is 1. The Morgan fingerprint density at radius 3 is 2.43 bits per heavy atom. The van der Waals surface area contributed by atoms with Crippen LogP contribution in [0.4, 0.5) is 4.79 Å². The lowest BCUT2D eigenvalue weighted by atomic mass is 10.1. The van der Waals surface area contributed by atoms with E-state index in [1.165, 1.54) is 0 Å². The summed E-state index contributed by atoms with van der Waals surface area (Å²) in [6, 6.07) is 0.462. The molecule has 2 unspecified atom stereocenters. The minimum atomic E-state index is -0.734. The number of carbonyl (C=O) groups excluding carboxylic acids is 1. The minimum absolute atomic E-state index is 0.0248. The van der Waals surface area contributed by atoms with Gasteiger partial charge in [0.05, 0.1) is 0 Å². The van der Waals surface area contributed by atoms with Crippen molar-refractivity contribution in [3.8, 4) is 0 Å². The van der Waals surface area contributed by atoms with Gasteiger partial charge in [-0.05, 0) is 32.9 Å². The number of carbonyl (C=O) groups is 2. The van der Waals surface area contributed by atoms with E-state index in [0.29, 0.717) is 18.5 Å². The number of hydrogen-bond acceptors (Lipinski definition) is 3. The van der Waals surface area contributed by atoms with Crippen molar-refractivity contribution < 1.29 is 14.7 Å². The highest BCUT2D eigenvalue weighted by molar-refractivity contribution is 5.74. The maximum atomic E-state index is 12.1. The Morgan fingerprint density at radius 2 is 1.86 bits per heavy atom. The average molecular weight is 299 g/mol. The summed E-state index contributed by atoms with van der Waals surface area (Å²) < 4.78 is 0. The summed E-state index contributed by atoms with van der Waals surface area (Å²) in [4.78, 5) is 26.5. The number of amides is 2. The summed E-state index contributed by atoms with van der Waals surface area (Å²) in [5.41, 5.74) is 0. The molecule has 1 saturated heterocycles. The first-order valence-corrected chi connectivity index (χ1v) is 7.82. The van der Waals surface area contributed by atoms with Gasteiger partial charge in [0.2, 0.25) is 0 Å². The number of rotatable bonds is 8. The highest BCUT2D eigenvalue weighted by Crippen LogP contribution is 2.19. The normalized spacial score (nSPS) is 21.8. The number of likely N-dealkylation sites (N-methyl/N-ethyl adjacent to an activating group) is 1. The van der Waals surface area contributed by atoms with Gasteiger partial charge in [-0.15, -0.1) is 0 Å². The fourth-order valence-electron chi connectivity index (χ4n) is 2.85. The average Bonchev–Trinajstić information content (AvgIpc) is 2.79. The molecule has 1 aliphatic heterocycles. The zero-order valence-corrected chi connectivity index (χ0v) is 13.5. The second-order valence-electron chi connectivity index (χ2n) is 6.20.